The van der Waals surface area contributed by atoms with Gasteiger partial charge in [-0.25, -0.2) is 4.39 Å². The summed E-state index contributed by atoms with van der Waals surface area (Å²) in [5.74, 6) is 2.68. The van der Waals surface area contributed by atoms with E-state index in [0.717, 1.165) is 17.6 Å². The summed E-state index contributed by atoms with van der Waals surface area (Å²) < 4.78 is 19.4. The van der Waals surface area contributed by atoms with E-state index in [0.29, 0.717) is 21.8 Å². The number of halogens is 1. The summed E-state index contributed by atoms with van der Waals surface area (Å²) >= 11 is 3.90. The number of hydrogen-bond acceptors (Lipinski definition) is 4. The molecule has 2 nitrogen and oxygen atoms in total. The van der Waals surface area contributed by atoms with Gasteiger partial charge in [-0.15, -0.1) is 0 Å². The minimum absolute atomic E-state index is 0.176. The van der Waals surface area contributed by atoms with Gasteiger partial charge in [-0.1, -0.05) is 19.1 Å². The Hall–Kier alpha value is -0.650. The van der Waals surface area contributed by atoms with Crippen LogP contribution in [-0.2, 0) is 0 Å². The first-order valence-corrected chi connectivity index (χ1v) is 8.97. The normalized spacial score (nSPS) is 24.9. The highest BCUT2D eigenvalue weighted by Crippen LogP contribution is 2.40. The predicted molar refractivity (Wildman–Crippen MR) is 85.9 cm³/mol. The molecule has 20 heavy (non-hydrogen) atoms. The van der Waals surface area contributed by atoms with E-state index in [1.807, 2.05) is 35.7 Å². The molecule has 1 saturated heterocycles. The first-order chi connectivity index (χ1) is 9.70. The van der Waals surface area contributed by atoms with E-state index < -0.39 is 0 Å². The zero-order valence-corrected chi connectivity index (χ0v) is 13.0. The Kier molecular flexibility index (Phi) is 4.29. The summed E-state index contributed by atoms with van der Waals surface area (Å²) in [5, 5.41) is 1.67. The van der Waals surface area contributed by atoms with Crippen LogP contribution in [0.2, 0.25) is 0 Å². The molecule has 3 rings (SSSR count). The Morgan fingerprint density at radius 3 is 2.95 bits per heavy atom. The molecule has 2 N–H and O–H groups in total. The number of hydrogen-bond donors (Lipinski definition) is 1. The number of benzene rings is 1. The summed E-state index contributed by atoms with van der Waals surface area (Å²) in [6.07, 6.45) is 1.10. The lowest BCUT2D eigenvalue weighted by Gasteiger charge is -2.33. The molecule has 0 aliphatic carbocycles. The fourth-order valence-corrected chi connectivity index (χ4v) is 5.80. The zero-order valence-electron chi connectivity index (χ0n) is 11.3. The number of para-hydroxylation sites is 1. The molecule has 108 valence electrons. The lowest BCUT2D eigenvalue weighted by Crippen LogP contribution is -2.35. The first kappa shape index (κ1) is 14.3. The average Bonchev–Trinajstić information content (AvgIpc) is 2.92. The van der Waals surface area contributed by atoms with Crippen molar-refractivity contribution in [3.63, 3.8) is 0 Å². The molecule has 0 saturated carbocycles. The molecule has 3 unspecified atom stereocenters. The third-order valence-electron chi connectivity index (χ3n) is 3.69. The Bertz CT molecular complexity index is 601. The lowest BCUT2D eigenvalue weighted by atomic mass is 10.1. The minimum Gasteiger partial charge on any atom is -0.456 e. The third-order valence-corrected chi connectivity index (χ3v) is 7.06. The number of thioether (sulfide) groups is 2. The molecule has 3 atom stereocenters. The molecule has 1 aromatic carbocycles. The Balaban J connectivity index is 1.91. The van der Waals surface area contributed by atoms with Gasteiger partial charge in [-0.2, -0.15) is 23.5 Å². The van der Waals surface area contributed by atoms with Crippen LogP contribution in [0.5, 0.6) is 0 Å². The fraction of sp³-hybridized carbons (Fsp3) is 0.467. The molecule has 1 fully saturated rings. The molecule has 0 spiro atoms. The number of rotatable bonds is 3. The zero-order chi connectivity index (χ0) is 14.1. The van der Waals surface area contributed by atoms with Gasteiger partial charge >= 0.3 is 0 Å². The highest BCUT2D eigenvalue weighted by atomic mass is 32.2. The maximum atomic E-state index is 13.7. The second-order valence-corrected chi connectivity index (χ2v) is 7.62. The molecule has 0 amide bonds. The van der Waals surface area contributed by atoms with Crippen LogP contribution in [-0.4, -0.2) is 22.0 Å². The van der Waals surface area contributed by atoms with Crippen LogP contribution in [0.25, 0.3) is 11.0 Å². The quantitative estimate of drug-likeness (QED) is 0.922. The molecule has 1 aliphatic rings. The van der Waals surface area contributed by atoms with E-state index in [4.69, 9.17) is 10.2 Å². The third kappa shape index (κ3) is 2.59. The van der Waals surface area contributed by atoms with Crippen molar-refractivity contribution in [2.24, 2.45) is 5.73 Å². The first-order valence-electron chi connectivity index (χ1n) is 6.87. The SMILES string of the molecule is CCC1SCCSC1C(N)c1cc2cccc(F)c2o1. The molecular formula is C15H18FNOS2. The van der Waals surface area contributed by atoms with Gasteiger partial charge in [-0.3, -0.25) is 0 Å². The molecule has 5 heteroatoms. The summed E-state index contributed by atoms with van der Waals surface area (Å²) in [4.78, 5) is 0. The van der Waals surface area contributed by atoms with Gasteiger partial charge in [0.25, 0.3) is 0 Å². The molecular weight excluding hydrogens is 293 g/mol. The highest BCUT2D eigenvalue weighted by molar-refractivity contribution is 8.07. The number of furan rings is 1. The second kappa shape index (κ2) is 6.00. The van der Waals surface area contributed by atoms with Crippen LogP contribution in [0.15, 0.2) is 28.7 Å². The summed E-state index contributed by atoms with van der Waals surface area (Å²) in [6.45, 7) is 2.20. The van der Waals surface area contributed by atoms with Crippen molar-refractivity contribution in [1.82, 2.24) is 0 Å². The van der Waals surface area contributed by atoms with E-state index in [2.05, 4.69) is 6.92 Å². The monoisotopic (exact) mass is 311 g/mol. The van der Waals surface area contributed by atoms with Crippen molar-refractivity contribution in [1.29, 1.82) is 0 Å². The standard InChI is InChI=1S/C15H18FNOS2/c1-2-12-15(20-7-6-19-12)13(17)11-8-9-4-3-5-10(16)14(9)18-11/h3-5,8,12-13,15H,2,6-7,17H2,1H3. The molecule has 1 aromatic heterocycles. The van der Waals surface area contributed by atoms with Gasteiger partial charge < -0.3 is 10.2 Å². The number of nitrogens with two attached hydrogens (primary N) is 1. The predicted octanol–water partition coefficient (Wildman–Crippen LogP) is 4.20. The van der Waals surface area contributed by atoms with Gasteiger partial charge in [0.05, 0.1) is 6.04 Å². The van der Waals surface area contributed by atoms with E-state index in [9.17, 15) is 4.39 Å². The largest absolute Gasteiger partial charge is 0.456 e. The second-order valence-electron chi connectivity index (χ2n) is 4.99. The number of fused-ring (bicyclic) bond motifs is 1. The van der Waals surface area contributed by atoms with Crippen molar-refractivity contribution in [3.05, 3.63) is 35.8 Å². The van der Waals surface area contributed by atoms with Crippen LogP contribution in [0.3, 0.4) is 0 Å². The van der Waals surface area contributed by atoms with Crippen LogP contribution in [0, 0.1) is 5.82 Å². The average molecular weight is 311 g/mol. The summed E-state index contributed by atoms with van der Waals surface area (Å²) in [6, 6.07) is 6.68. The van der Waals surface area contributed by atoms with Crippen molar-refractivity contribution >= 4 is 34.5 Å². The molecule has 0 bridgehead atoms. The maximum Gasteiger partial charge on any atom is 0.169 e. The maximum absolute atomic E-state index is 13.7. The van der Waals surface area contributed by atoms with E-state index in [1.54, 1.807) is 6.07 Å². The van der Waals surface area contributed by atoms with Crippen molar-refractivity contribution < 1.29 is 8.81 Å². The lowest BCUT2D eigenvalue weighted by molar-refractivity contribution is 0.465. The smallest absolute Gasteiger partial charge is 0.169 e. The van der Waals surface area contributed by atoms with Gasteiger partial charge in [0.2, 0.25) is 0 Å². The van der Waals surface area contributed by atoms with Crippen LogP contribution in [0.1, 0.15) is 25.1 Å². The van der Waals surface area contributed by atoms with Crippen molar-refractivity contribution in [2.75, 3.05) is 11.5 Å². The Labute approximate surface area is 126 Å². The van der Waals surface area contributed by atoms with E-state index >= 15 is 0 Å². The summed E-state index contributed by atoms with van der Waals surface area (Å²) in [7, 11) is 0. The van der Waals surface area contributed by atoms with Crippen LogP contribution in [0.4, 0.5) is 4.39 Å². The Morgan fingerprint density at radius 2 is 2.20 bits per heavy atom. The molecule has 0 radical (unpaired) electrons. The molecule has 2 aromatic rings. The van der Waals surface area contributed by atoms with Crippen LogP contribution >= 0.6 is 23.5 Å². The Morgan fingerprint density at radius 1 is 1.40 bits per heavy atom. The highest BCUT2D eigenvalue weighted by Gasteiger charge is 2.32. The topological polar surface area (TPSA) is 39.2 Å². The van der Waals surface area contributed by atoms with Crippen LogP contribution < -0.4 is 5.73 Å². The minimum atomic E-state index is -0.321. The van der Waals surface area contributed by atoms with Gasteiger partial charge in [-0.05, 0) is 18.6 Å². The van der Waals surface area contributed by atoms with Gasteiger partial charge in [0.1, 0.15) is 5.76 Å². The van der Waals surface area contributed by atoms with Gasteiger partial charge in [0, 0.05) is 27.4 Å². The van der Waals surface area contributed by atoms with E-state index in [-0.39, 0.29) is 11.9 Å². The molecule has 2 heterocycles. The van der Waals surface area contributed by atoms with Crippen molar-refractivity contribution in [3.8, 4) is 0 Å². The summed E-state index contributed by atoms with van der Waals surface area (Å²) in [5.41, 5.74) is 6.72. The molecule has 1 aliphatic heterocycles. The fourth-order valence-electron chi connectivity index (χ4n) is 2.64. The van der Waals surface area contributed by atoms with E-state index in [1.165, 1.54) is 11.8 Å². The van der Waals surface area contributed by atoms with Gasteiger partial charge in [0.15, 0.2) is 11.4 Å². The van der Waals surface area contributed by atoms with Crippen molar-refractivity contribution in [2.45, 2.75) is 29.9 Å².